The molecule has 0 heterocycles. The van der Waals surface area contributed by atoms with E-state index < -0.39 is 0 Å². The number of oxime groups is 1. The fourth-order valence-electron chi connectivity index (χ4n) is 2.79. The van der Waals surface area contributed by atoms with Crippen molar-refractivity contribution >= 4 is 11.7 Å². The number of nitrogens with zero attached hydrogens (tertiary/aromatic N) is 1. The van der Waals surface area contributed by atoms with E-state index in [9.17, 15) is 4.79 Å². The summed E-state index contributed by atoms with van der Waals surface area (Å²) in [5.41, 5.74) is 6.85. The van der Waals surface area contributed by atoms with Crippen molar-refractivity contribution in [1.29, 1.82) is 0 Å². The average Bonchev–Trinajstić information content (AvgIpc) is 2.50. The zero-order valence-corrected chi connectivity index (χ0v) is 13.1. The third-order valence-electron chi connectivity index (χ3n) is 4.06. The van der Waals surface area contributed by atoms with Crippen molar-refractivity contribution in [2.24, 2.45) is 16.8 Å². The zero-order chi connectivity index (χ0) is 15.8. The molecule has 5 heteroatoms. The molecule has 0 bridgehead atoms. The molecule has 22 heavy (non-hydrogen) atoms. The number of nitrogens with two attached hydrogens (primary N) is 1. The second kappa shape index (κ2) is 8.41. The van der Waals surface area contributed by atoms with Crippen LogP contribution in [0.3, 0.4) is 0 Å². The van der Waals surface area contributed by atoms with Gasteiger partial charge in [-0.1, -0.05) is 55.3 Å². The predicted octanol–water partition coefficient (Wildman–Crippen LogP) is 2.21. The molecule has 1 saturated carbocycles. The van der Waals surface area contributed by atoms with Crippen LogP contribution in [0, 0.1) is 5.92 Å². The first-order valence-electron chi connectivity index (χ1n) is 7.92. The van der Waals surface area contributed by atoms with Crippen molar-refractivity contribution in [2.45, 2.75) is 45.1 Å². The third-order valence-corrected chi connectivity index (χ3v) is 4.06. The maximum absolute atomic E-state index is 11.9. The molecule has 2 rings (SSSR count). The van der Waals surface area contributed by atoms with Gasteiger partial charge in [-0.15, -0.1) is 0 Å². The average molecular weight is 303 g/mol. The highest BCUT2D eigenvalue weighted by Gasteiger charge is 2.22. The van der Waals surface area contributed by atoms with Crippen LogP contribution in [0.4, 0.5) is 0 Å². The molecule has 1 aliphatic rings. The van der Waals surface area contributed by atoms with E-state index in [-0.39, 0.29) is 18.6 Å². The van der Waals surface area contributed by atoms with Gasteiger partial charge in [-0.05, 0) is 24.3 Å². The molecule has 0 aromatic heterocycles. The lowest BCUT2D eigenvalue weighted by Gasteiger charge is -2.29. The van der Waals surface area contributed by atoms with Crippen LogP contribution in [-0.4, -0.2) is 24.4 Å². The third kappa shape index (κ3) is 5.39. The van der Waals surface area contributed by atoms with Crippen LogP contribution in [0.15, 0.2) is 35.5 Å². The summed E-state index contributed by atoms with van der Waals surface area (Å²) in [5, 5.41) is 6.82. The molecule has 0 aliphatic heterocycles. The maximum atomic E-state index is 11.9. The Hall–Kier alpha value is -2.04. The predicted molar refractivity (Wildman–Crippen MR) is 87.3 cm³/mol. The Bertz CT molecular complexity index is 502. The Labute approximate surface area is 131 Å². The number of rotatable bonds is 6. The van der Waals surface area contributed by atoms with Gasteiger partial charge in [0, 0.05) is 12.5 Å². The first-order valence-corrected chi connectivity index (χ1v) is 7.92. The van der Waals surface area contributed by atoms with E-state index >= 15 is 0 Å². The van der Waals surface area contributed by atoms with E-state index in [1.54, 1.807) is 0 Å². The van der Waals surface area contributed by atoms with Gasteiger partial charge in [-0.25, -0.2) is 0 Å². The summed E-state index contributed by atoms with van der Waals surface area (Å²) in [6.45, 7) is 2.10. The summed E-state index contributed by atoms with van der Waals surface area (Å²) in [4.78, 5) is 16.9. The molecule has 2 atom stereocenters. The number of amides is 1. The summed E-state index contributed by atoms with van der Waals surface area (Å²) in [6, 6.07) is 10.0. The Morgan fingerprint density at radius 3 is 2.77 bits per heavy atom. The van der Waals surface area contributed by atoms with Crippen LogP contribution in [0.25, 0.3) is 0 Å². The molecule has 0 spiro atoms. The van der Waals surface area contributed by atoms with E-state index in [4.69, 9.17) is 10.6 Å². The molecule has 2 unspecified atom stereocenters. The monoisotopic (exact) mass is 303 g/mol. The van der Waals surface area contributed by atoms with Crippen LogP contribution >= 0.6 is 0 Å². The maximum Gasteiger partial charge on any atom is 0.261 e. The highest BCUT2D eigenvalue weighted by atomic mass is 16.6. The molecule has 1 fully saturated rings. The van der Waals surface area contributed by atoms with E-state index in [1.165, 1.54) is 19.3 Å². The SMILES string of the molecule is CC1CCCCC1NC(=O)CO/N=C(/N)Cc1ccccc1. The molecule has 1 aliphatic carbocycles. The number of nitrogens with one attached hydrogen (secondary N) is 1. The van der Waals surface area contributed by atoms with Gasteiger partial charge < -0.3 is 15.9 Å². The van der Waals surface area contributed by atoms with Crippen molar-refractivity contribution in [3.8, 4) is 0 Å². The Morgan fingerprint density at radius 1 is 1.32 bits per heavy atom. The summed E-state index contributed by atoms with van der Waals surface area (Å²) >= 11 is 0. The van der Waals surface area contributed by atoms with Crippen molar-refractivity contribution in [3.05, 3.63) is 35.9 Å². The van der Waals surface area contributed by atoms with Gasteiger partial charge in [0.25, 0.3) is 5.91 Å². The molecule has 1 amide bonds. The molecular weight excluding hydrogens is 278 g/mol. The first kappa shape index (κ1) is 16.3. The number of carbonyl (C=O) groups is 1. The van der Waals surface area contributed by atoms with Gasteiger partial charge in [0.1, 0.15) is 5.84 Å². The Kier molecular flexibility index (Phi) is 6.25. The quantitative estimate of drug-likeness (QED) is 0.480. The Morgan fingerprint density at radius 2 is 2.05 bits per heavy atom. The summed E-state index contributed by atoms with van der Waals surface area (Å²) in [6.07, 6.45) is 5.17. The fraction of sp³-hybridized carbons (Fsp3) is 0.529. The highest BCUT2D eigenvalue weighted by Crippen LogP contribution is 2.23. The molecule has 1 aromatic rings. The minimum absolute atomic E-state index is 0.0846. The number of carbonyl (C=O) groups excluding carboxylic acids is 1. The van der Waals surface area contributed by atoms with E-state index in [1.807, 2.05) is 30.3 Å². The number of benzene rings is 1. The fourth-order valence-corrected chi connectivity index (χ4v) is 2.79. The first-order chi connectivity index (χ1) is 10.6. The lowest BCUT2D eigenvalue weighted by atomic mass is 9.86. The molecule has 0 saturated heterocycles. The molecule has 3 N–H and O–H groups in total. The topological polar surface area (TPSA) is 76.7 Å². The van der Waals surface area contributed by atoms with Crippen LogP contribution in [0.2, 0.25) is 0 Å². The summed E-state index contributed by atoms with van der Waals surface area (Å²) in [7, 11) is 0. The standard InChI is InChI=1S/C17H25N3O2/c1-13-7-5-6-10-15(13)19-17(21)12-22-20-16(18)11-14-8-3-2-4-9-14/h2-4,8-9,13,15H,5-7,10-12H2,1H3,(H2,18,20)(H,19,21). The van der Waals surface area contributed by atoms with Gasteiger partial charge in [-0.3, -0.25) is 4.79 Å². The van der Waals surface area contributed by atoms with Crippen molar-refractivity contribution < 1.29 is 9.63 Å². The molecule has 5 nitrogen and oxygen atoms in total. The minimum Gasteiger partial charge on any atom is -0.384 e. The van der Waals surface area contributed by atoms with Crippen LogP contribution in [-0.2, 0) is 16.1 Å². The van der Waals surface area contributed by atoms with E-state index in [0.29, 0.717) is 18.2 Å². The van der Waals surface area contributed by atoms with E-state index in [2.05, 4.69) is 17.4 Å². The number of amidine groups is 1. The normalized spacial score (nSPS) is 22.1. The lowest BCUT2D eigenvalue weighted by Crippen LogP contribution is -2.42. The van der Waals surface area contributed by atoms with Crippen LogP contribution < -0.4 is 11.1 Å². The summed E-state index contributed by atoms with van der Waals surface area (Å²) < 4.78 is 0. The van der Waals surface area contributed by atoms with Gasteiger partial charge in [0.15, 0.2) is 6.61 Å². The highest BCUT2D eigenvalue weighted by molar-refractivity contribution is 5.82. The van der Waals surface area contributed by atoms with Crippen LogP contribution in [0.5, 0.6) is 0 Å². The van der Waals surface area contributed by atoms with Gasteiger partial charge in [0.2, 0.25) is 0 Å². The van der Waals surface area contributed by atoms with E-state index in [0.717, 1.165) is 12.0 Å². The second-order valence-corrected chi connectivity index (χ2v) is 5.95. The number of hydrogen-bond donors (Lipinski definition) is 2. The smallest absolute Gasteiger partial charge is 0.261 e. The lowest BCUT2D eigenvalue weighted by molar-refractivity contribution is -0.126. The van der Waals surface area contributed by atoms with Crippen LogP contribution in [0.1, 0.15) is 38.2 Å². The van der Waals surface area contributed by atoms with Crippen molar-refractivity contribution in [1.82, 2.24) is 5.32 Å². The van der Waals surface area contributed by atoms with Gasteiger partial charge in [0.05, 0.1) is 0 Å². The largest absolute Gasteiger partial charge is 0.384 e. The molecule has 1 aromatic carbocycles. The Balaban J connectivity index is 1.70. The second-order valence-electron chi connectivity index (χ2n) is 5.95. The molecular formula is C17H25N3O2. The molecule has 0 radical (unpaired) electrons. The van der Waals surface area contributed by atoms with Gasteiger partial charge in [-0.2, -0.15) is 0 Å². The summed E-state index contributed by atoms with van der Waals surface area (Å²) in [5.74, 6) is 0.768. The minimum atomic E-state index is -0.130. The van der Waals surface area contributed by atoms with Gasteiger partial charge >= 0.3 is 0 Å². The molecule has 120 valence electrons. The zero-order valence-electron chi connectivity index (χ0n) is 13.1. The van der Waals surface area contributed by atoms with Crippen molar-refractivity contribution in [2.75, 3.05) is 6.61 Å². The van der Waals surface area contributed by atoms with Crippen molar-refractivity contribution in [3.63, 3.8) is 0 Å². The number of hydrogen-bond acceptors (Lipinski definition) is 3.